The maximum atomic E-state index is 11.9. The summed E-state index contributed by atoms with van der Waals surface area (Å²) in [6, 6.07) is 1.73. The molecule has 0 saturated carbocycles. The van der Waals surface area contributed by atoms with E-state index in [4.69, 9.17) is 5.73 Å². The lowest BCUT2D eigenvalue weighted by molar-refractivity contribution is 0.557. The molecule has 0 aliphatic heterocycles. The van der Waals surface area contributed by atoms with Crippen LogP contribution in [0.4, 0.5) is 5.95 Å². The fraction of sp³-hybridized carbons (Fsp3) is 0.333. The van der Waals surface area contributed by atoms with Crippen LogP contribution in [0, 0.1) is 0 Å². The van der Waals surface area contributed by atoms with Crippen molar-refractivity contribution >= 4 is 34.0 Å². The van der Waals surface area contributed by atoms with Crippen molar-refractivity contribution in [2.45, 2.75) is 30.8 Å². The molecule has 0 bridgehead atoms. The number of rotatable bonds is 4. The van der Waals surface area contributed by atoms with Crippen LogP contribution in [-0.2, 0) is 5.75 Å². The molecule has 0 aromatic carbocycles. The Morgan fingerprint density at radius 1 is 1.43 bits per heavy atom. The van der Waals surface area contributed by atoms with Crippen molar-refractivity contribution in [3.8, 4) is 0 Å². The van der Waals surface area contributed by atoms with E-state index < -0.39 is 0 Å². The molecule has 0 radical (unpaired) electrons. The molecule has 0 aliphatic rings. The van der Waals surface area contributed by atoms with Gasteiger partial charge in [-0.2, -0.15) is 0 Å². The van der Waals surface area contributed by atoms with E-state index >= 15 is 0 Å². The summed E-state index contributed by atoms with van der Waals surface area (Å²) < 4.78 is 3.40. The van der Waals surface area contributed by atoms with Crippen molar-refractivity contribution in [1.29, 1.82) is 0 Å². The summed E-state index contributed by atoms with van der Waals surface area (Å²) in [6.07, 6.45) is 1.72. The molecule has 3 rings (SSSR count). The third kappa shape index (κ3) is 2.66. The molecular weight excluding hydrogens is 308 g/mol. The molecule has 0 aliphatic carbocycles. The maximum Gasteiger partial charge on any atom is 0.258 e. The van der Waals surface area contributed by atoms with E-state index in [0.29, 0.717) is 16.7 Å². The van der Waals surface area contributed by atoms with E-state index in [-0.39, 0.29) is 11.6 Å². The Morgan fingerprint density at radius 2 is 2.24 bits per heavy atom. The first-order chi connectivity index (χ1) is 10.1. The molecule has 110 valence electrons. The second-order valence-corrected chi connectivity index (χ2v) is 6.55. The average molecular weight is 322 g/mol. The number of thiazole rings is 1. The minimum absolute atomic E-state index is 0.0679. The first kappa shape index (κ1) is 14.1. The number of hydrogen-bond donors (Lipinski definition) is 1. The minimum atomic E-state index is -0.0679. The van der Waals surface area contributed by atoms with Crippen LogP contribution in [-0.4, -0.2) is 24.1 Å². The van der Waals surface area contributed by atoms with Gasteiger partial charge in [0.05, 0.1) is 5.69 Å². The third-order valence-corrected chi connectivity index (χ3v) is 4.65. The van der Waals surface area contributed by atoms with Gasteiger partial charge in [0.2, 0.25) is 5.95 Å². The quantitative estimate of drug-likeness (QED) is 0.737. The van der Waals surface area contributed by atoms with Crippen molar-refractivity contribution < 1.29 is 0 Å². The number of thioether (sulfide) groups is 1. The van der Waals surface area contributed by atoms with Crippen molar-refractivity contribution in [2.75, 3.05) is 5.73 Å². The van der Waals surface area contributed by atoms with Crippen LogP contribution in [0.5, 0.6) is 0 Å². The predicted molar refractivity (Wildman–Crippen MR) is 83.7 cm³/mol. The van der Waals surface area contributed by atoms with E-state index in [0.717, 1.165) is 10.9 Å². The lowest BCUT2D eigenvalue weighted by Crippen LogP contribution is -2.12. The van der Waals surface area contributed by atoms with E-state index in [1.165, 1.54) is 27.5 Å². The fourth-order valence-electron chi connectivity index (χ4n) is 1.97. The van der Waals surface area contributed by atoms with Crippen LogP contribution in [0.3, 0.4) is 0 Å². The van der Waals surface area contributed by atoms with E-state index in [2.05, 4.69) is 15.2 Å². The molecule has 7 nitrogen and oxygen atoms in total. The highest BCUT2D eigenvalue weighted by molar-refractivity contribution is 7.98. The molecule has 21 heavy (non-hydrogen) atoms. The van der Waals surface area contributed by atoms with Gasteiger partial charge in [-0.15, -0.1) is 21.5 Å². The largest absolute Gasteiger partial charge is 0.368 e. The number of hydrogen-bond acceptors (Lipinski definition) is 7. The summed E-state index contributed by atoms with van der Waals surface area (Å²) >= 11 is 2.91. The fourth-order valence-corrected chi connectivity index (χ4v) is 3.68. The molecule has 2 N–H and O–H groups in total. The number of nitrogens with two attached hydrogens (primary N) is 1. The van der Waals surface area contributed by atoms with Crippen molar-refractivity contribution in [2.24, 2.45) is 0 Å². The Hall–Kier alpha value is -1.87. The number of nitrogens with zero attached hydrogens (tertiary/aromatic N) is 5. The lowest BCUT2D eigenvalue weighted by Gasteiger charge is -2.10. The molecule has 0 atom stereocenters. The van der Waals surface area contributed by atoms with Crippen LogP contribution in [0.1, 0.15) is 25.6 Å². The highest BCUT2D eigenvalue weighted by Crippen LogP contribution is 2.25. The molecular formula is C12H14N6OS2. The Kier molecular flexibility index (Phi) is 3.68. The first-order valence-electron chi connectivity index (χ1n) is 6.35. The molecule has 0 saturated heterocycles. The van der Waals surface area contributed by atoms with Crippen molar-refractivity contribution in [3.05, 3.63) is 33.7 Å². The zero-order chi connectivity index (χ0) is 15.0. The Balaban J connectivity index is 1.85. The molecule has 0 fully saturated rings. The Labute approximate surface area is 128 Å². The van der Waals surface area contributed by atoms with Crippen LogP contribution >= 0.6 is 23.1 Å². The Bertz CT molecular complexity index is 834. The predicted octanol–water partition coefficient (Wildman–Crippen LogP) is 1.80. The number of fused-ring (bicyclic) bond motifs is 1. The normalized spacial score (nSPS) is 11.6. The van der Waals surface area contributed by atoms with E-state index in [1.807, 2.05) is 23.8 Å². The average Bonchev–Trinajstić information content (AvgIpc) is 3.02. The molecule has 3 aromatic heterocycles. The van der Waals surface area contributed by atoms with Crippen LogP contribution < -0.4 is 11.3 Å². The molecule has 3 heterocycles. The van der Waals surface area contributed by atoms with Gasteiger partial charge in [0.15, 0.2) is 10.1 Å². The Morgan fingerprint density at radius 3 is 3.00 bits per heavy atom. The summed E-state index contributed by atoms with van der Waals surface area (Å²) in [6.45, 7) is 4.04. The van der Waals surface area contributed by atoms with Gasteiger partial charge in [0.1, 0.15) is 0 Å². The maximum absolute atomic E-state index is 11.9. The van der Waals surface area contributed by atoms with Crippen LogP contribution in [0.15, 0.2) is 27.6 Å². The van der Waals surface area contributed by atoms with Gasteiger partial charge in [-0.05, 0) is 13.8 Å². The van der Waals surface area contributed by atoms with Crippen LogP contribution in [0.2, 0.25) is 0 Å². The number of anilines is 1. The van der Waals surface area contributed by atoms with Gasteiger partial charge in [0, 0.05) is 29.4 Å². The zero-order valence-electron chi connectivity index (χ0n) is 11.6. The summed E-state index contributed by atoms with van der Waals surface area (Å²) in [7, 11) is 0. The second kappa shape index (κ2) is 5.49. The summed E-state index contributed by atoms with van der Waals surface area (Å²) in [4.78, 5) is 17.1. The summed E-state index contributed by atoms with van der Waals surface area (Å²) in [5.41, 5.74) is 6.46. The topological polar surface area (TPSA) is 91.1 Å². The van der Waals surface area contributed by atoms with Crippen molar-refractivity contribution in [3.63, 3.8) is 0 Å². The molecule has 0 unspecified atom stereocenters. The van der Waals surface area contributed by atoms with Crippen LogP contribution in [0.25, 0.3) is 4.96 Å². The van der Waals surface area contributed by atoms with Gasteiger partial charge in [-0.1, -0.05) is 11.8 Å². The van der Waals surface area contributed by atoms with Gasteiger partial charge >= 0.3 is 0 Å². The molecule has 0 spiro atoms. The van der Waals surface area contributed by atoms with Crippen molar-refractivity contribution in [1.82, 2.24) is 24.1 Å². The van der Waals surface area contributed by atoms with Gasteiger partial charge in [-0.3, -0.25) is 13.8 Å². The SMILES string of the molecule is CC(C)n1c(N)nnc1SCc1cc(=O)n2ccsc2n1. The highest BCUT2D eigenvalue weighted by Gasteiger charge is 2.13. The number of nitrogen functional groups attached to an aromatic ring is 1. The number of aromatic nitrogens is 5. The highest BCUT2D eigenvalue weighted by atomic mass is 32.2. The second-order valence-electron chi connectivity index (χ2n) is 4.73. The molecule has 0 amide bonds. The smallest absolute Gasteiger partial charge is 0.258 e. The van der Waals surface area contributed by atoms with E-state index in [1.54, 1.807) is 12.3 Å². The van der Waals surface area contributed by atoms with Gasteiger partial charge in [-0.25, -0.2) is 4.98 Å². The first-order valence-corrected chi connectivity index (χ1v) is 8.21. The third-order valence-electron chi connectivity index (χ3n) is 2.91. The summed E-state index contributed by atoms with van der Waals surface area (Å²) in [5.74, 6) is 0.948. The minimum Gasteiger partial charge on any atom is -0.368 e. The zero-order valence-corrected chi connectivity index (χ0v) is 13.2. The molecule has 3 aromatic rings. The summed E-state index contributed by atoms with van der Waals surface area (Å²) in [5, 5.41) is 10.5. The van der Waals surface area contributed by atoms with Gasteiger partial charge < -0.3 is 5.73 Å². The monoisotopic (exact) mass is 322 g/mol. The standard InChI is InChI=1S/C12H14N6OS2/c1-7(2)18-10(13)15-16-12(18)21-6-8-5-9(19)17-3-4-20-11(17)14-8/h3-5,7H,6H2,1-2H3,(H2,13,15). The lowest BCUT2D eigenvalue weighted by atomic mass is 10.4. The van der Waals surface area contributed by atoms with Gasteiger partial charge in [0.25, 0.3) is 5.56 Å². The van der Waals surface area contributed by atoms with E-state index in [9.17, 15) is 4.79 Å². The molecule has 9 heteroatoms.